The van der Waals surface area contributed by atoms with E-state index >= 15 is 0 Å². The van der Waals surface area contributed by atoms with E-state index in [1.54, 1.807) is 0 Å². The quantitative estimate of drug-likeness (QED) is 0.599. The Bertz CT molecular complexity index is 157. The zero-order valence-corrected chi connectivity index (χ0v) is 7.43. The maximum absolute atomic E-state index is 10.9. The SMILES string of the molecule is CCCCC(=O)NCCC(N)=O. The second kappa shape index (κ2) is 6.64. The van der Waals surface area contributed by atoms with Crippen LogP contribution in [-0.2, 0) is 9.59 Å². The van der Waals surface area contributed by atoms with Crippen LogP contribution in [0.4, 0.5) is 0 Å². The molecular weight excluding hydrogens is 156 g/mol. The van der Waals surface area contributed by atoms with Gasteiger partial charge in [0.1, 0.15) is 0 Å². The second-order valence-electron chi connectivity index (χ2n) is 2.67. The molecule has 0 spiro atoms. The average Bonchev–Trinajstić information content (AvgIpc) is 2.00. The fourth-order valence-electron chi connectivity index (χ4n) is 0.751. The number of amides is 2. The minimum absolute atomic E-state index is 0.00176. The van der Waals surface area contributed by atoms with Crippen LogP contribution in [0.15, 0.2) is 0 Å². The molecule has 0 aliphatic rings. The zero-order valence-electron chi connectivity index (χ0n) is 7.43. The topological polar surface area (TPSA) is 72.2 Å². The van der Waals surface area contributed by atoms with E-state index in [-0.39, 0.29) is 18.2 Å². The Labute approximate surface area is 72.5 Å². The van der Waals surface area contributed by atoms with Crippen LogP contribution in [0.1, 0.15) is 32.6 Å². The molecule has 0 aliphatic heterocycles. The summed E-state index contributed by atoms with van der Waals surface area (Å²) in [7, 11) is 0. The molecule has 0 radical (unpaired) electrons. The molecule has 3 N–H and O–H groups in total. The number of nitrogens with one attached hydrogen (secondary N) is 1. The number of hydrogen-bond donors (Lipinski definition) is 2. The number of unbranched alkanes of at least 4 members (excludes halogenated alkanes) is 1. The first-order valence-corrected chi connectivity index (χ1v) is 4.21. The predicted octanol–water partition coefficient (Wildman–Crippen LogP) is 0.168. The largest absolute Gasteiger partial charge is 0.370 e. The lowest BCUT2D eigenvalue weighted by atomic mass is 10.2. The molecule has 0 atom stereocenters. The lowest BCUT2D eigenvalue weighted by Crippen LogP contribution is -2.27. The lowest BCUT2D eigenvalue weighted by Gasteiger charge is -2.01. The lowest BCUT2D eigenvalue weighted by molar-refractivity contribution is -0.121. The summed E-state index contributed by atoms with van der Waals surface area (Å²) in [6.07, 6.45) is 2.65. The molecule has 0 aromatic carbocycles. The third-order valence-corrected chi connectivity index (χ3v) is 1.45. The minimum Gasteiger partial charge on any atom is -0.370 e. The summed E-state index contributed by atoms with van der Waals surface area (Å²) in [6, 6.07) is 0. The molecule has 4 nitrogen and oxygen atoms in total. The van der Waals surface area contributed by atoms with Crippen molar-refractivity contribution >= 4 is 11.8 Å². The van der Waals surface area contributed by atoms with Gasteiger partial charge < -0.3 is 11.1 Å². The Morgan fingerprint density at radius 3 is 2.50 bits per heavy atom. The van der Waals surface area contributed by atoms with Crippen molar-refractivity contribution in [2.75, 3.05) is 6.54 Å². The number of primary amides is 1. The van der Waals surface area contributed by atoms with Crippen LogP contribution in [0.25, 0.3) is 0 Å². The van der Waals surface area contributed by atoms with Crippen LogP contribution in [0.2, 0.25) is 0 Å². The van der Waals surface area contributed by atoms with E-state index in [4.69, 9.17) is 5.73 Å². The zero-order chi connectivity index (χ0) is 9.40. The Balaban J connectivity index is 3.25. The third-order valence-electron chi connectivity index (χ3n) is 1.45. The molecule has 0 aromatic rings. The van der Waals surface area contributed by atoms with Crippen molar-refractivity contribution in [2.24, 2.45) is 5.73 Å². The smallest absolute Gasteiger partial charge is 0.220 e. The van der Waals surface area contributed by atoms with Gasteiger partial charge in [-0.05, 0) is 6.42 Å². The molecule has 70 valence electrons. The summed E-state index contributed by atoms with van der Waals surface area (Å²) >= 11 is 0. The summed E-state index contributed by atoms with van der Waals surface area (Å²) < 4.78 is 0. The van der Waals surface area contributed by atoms with Gasteiger partial charge in [0.15, 0.2) is 0 Å². The van der Waals surface area contributed by atoms with E-state index in [1.807, 2.05) is 6.92 Å². The number of hydrogen-bond acceptors (Lipinski definition) is 2. The number of nitrogens with two attached hydrogens (primary N) is 1. The molecule has 0 heterocycles. The highest BCUT2D eigenvalue weighted by molar-refractivity contribution is 5.77. The Morgan fingerprint density at radius 2 is 2.00 bits per heavy atom. The minimum atomic E-state index is -0.384. The molecule has 0 saturated carbocycles. The maximum Gasteiger partial charge on any atom is 0.220 e. The third kappa shape index (κ3) is 7.05. The van der Waals surface area contributed by atoms with E-state index in [1.165, 1.54) is 0 Å². The van der Waals surface area contributed by atoms with Crippen molar-refractivity contribution in [2.45, 2.75) is 32.6 Å². The molecule has 0 bridgehead atoms. The Morgan fingerprint density at radius 1 is 1.33 bits per heavy atom. The summed E-state index contributed by atoms with van der Waals surface area (Å²) in [5.41, 5.74) is 4.89. The van der Waals surface area contributed by atoms with E-state index in [0.29, 0.717) is 13.0 Å². The molecular formula is C8H16N2O2. The second-order valence-corrected chi connectivity index (χ2v) is 2.67. The summed E-state index contributed by atoms with van der Waals surface area (Å²) in [5.74, 6) is -0.385. The van der Waals surface area contributed by atoms with Gasteiger partial charge in [0.05, 0.1) is 0 Å². The van der Waals surface area contributed by atoms with Gasteiger partial charge in [-0.25, -0.2) is 0 Å². The Hall–Kier alpha value is -1.06. The molecule has 12 heavy (non-hydrogen) atoms. The van der Waals surface area contributed by atoms with Gasteiger partial charge in [0.2, 0.25) is 11.8 Å². The number of carbonyl (C=O) groups is 2. The first-order chi connectivity index (χ1) is 5.66. The summed E-state index contributed by atoms with van der Waals surface area (Å²) in [6.45, 7) is 2.38. The highest BCUT2D eigenvalue weighted by atomic mass is 16.2. The van der Waals surface area contributed by atoms with Gasteiger partial charge in [-0.3, -0.25) is 9.59 Å². The molecule has 0 aromatic heterocycles. The molecule has 0 rings (SSSR count). The maximum atomic E-state index is 10.9. The van der Waals surface area contributed by atoms with Crippen LogP contribution in [0, 0.1) is 0 Å². The van der Waals surface area contributed by atoms with Gasteiger partial charge in [0.25, 0.3) is 0 Å². The van der Waals surface area contributed by atoms with E-state index in [0.717, 1.165) is 12.8 Å². The first kappa shape index (κ1) is 10.9. The fourth-order valence-corrected chi connectivity index (χ4v) is 0.751. The standard InChI is InChI=1S/C8H16N2O2/c1-2-3-4-8(12)10-6-5-7(9)11/h2-6H2,1H3,(H2,9,11)(H,10,12). The Kier molecular flexibility index (Phi) is 6.05. The molecule has 0 saturated heterocycles. The van der Waals surface area contributed by atoms with E-state index in [2.05, 4.69) is 5.32 Å². The van der Waals surface area contributed by atoms with Gasteiger partial charge in [0, 0.05) is 19.4 Å². The van der Waals surface area contributed by atoms with Crippen LogP contribution < -0.4 is 11.1 Å². The monoisotopic (exact) mass is 172 g/mol. The van der Waals surface area contributed by atoms with Crippen LogP contribution in [0.5, 0.6) is 0 Å². The van der Waals surface area contributed by atoms with Crippen molar-refractivity contribution in [3.05, 3.63) is 0 Å². The van der Waals surface area contributed by atoms with E-state index < -0.39 is 0 Å². The van der Waals surface area contributed by atoms with Crippen molar-refractivity contribution < 1.29 is 9.59 Å². The van der Waals surface area contributed by atoms with Gasteiger partial charge in [-0.15, -0.1) is 0 Å². The molecule has 2 amide bonds. The van der Waals surface area contributed by atoms with Gasteiger partial charge in [-0.2, -0.15) is 0 Å². The van der Waals surface area contributed by atoms with Gasteiger partial charge in [-0.1, -0.05) is 13.3 Å². The average molecular weight is 172 g/mol. The normalized spacial score (nSPS) is 9.42. The molecule has 0 unspecified atom stereocenters. The van der Waals surface area contributed by atoms with E-state index in [9.17, 15) is 9.59 Å². The van der Waals surface area contributed by atoms with Crippen molar-refractivity contribution in [1.29, 1.82) is 0 Å². The van der Waals surface area contributed by atoms with Crippen LogP contribution in [-0.4, -0.2) is 18.4 Å². The highest BCUT2D eigenvalue weighted by Gasteiger charge is 1.99. The molecule has 0 fully saturated rings. The van der Waals surface area contributed by atoms with Crippen LogP contribution >= 0.6 is 0 Å². The first-order valence-electron chi connectivity index (χ1n) is 4.21. The molecule has 0 aliphatic carbocycles. The van der Waals surface area contributed by atoms with Crippen molar-refractivity contribution in [3.63, 3.8) is 0 Å². The number of carbonyl (C=O) groups excluding carboxylic acids is 2. The summed E-state index contributed by atoms with van der Waals surface area (Å²) in [5, 5.41) is 2.61. The van der Waals surface area contributed by atoms with Crippen molar-refractivity contribution in [1.82, 2.24) is 5.32 Å². The van der Waals surface area contributed by atoms with Crippen molar-refractivity contribution in [3.8, 4) is 0 Å². The molecule has 4 heteroatoms. The van der Waals surface area contributed by atoms with Gasteiger partial charge >= 0.3 is 0 Å². The number of rotatable bonds is 6. The predicted molar refractivity (Wildman–Crippen MR) is 46.3 cm³/mol. The van der Waals surface area contributed by atoms with Crippen LogP contribution in [0.3, 0.4) is 0 Å². The highest BCUT2D eigenvalue weighted by Crippen LogP contribution is 1.92. The fraction of sp³-hybridized carbons (Fsp3) is 0.750. The summed E-state index contributed by atoms with van der Waals surface area (Å²) in [4.78, 5) is 21.2.